The van der Waals surface area contributed by atoms with Gasteiger partial charge in [-0.05, 0) is 31.2 Å². The molecule has 0 spiro atoms. The molecule has 1 atom stereocenters. The van der Waals surface area contributed by atoms with Crippen molar-refractivity contribution in [2.75, 3.05) is 19.1 Å². The van der Waals surface area contributed by atoms with Crippen LogP contribution in [0.2, 0.25) is 0 Å². The number of sulfone groups is 1. The van der Waals surface area contributed by atoms with Crippen LogP contribution < -0.4 is 0 Å². The first kappa shape index (κ1) is 19.8. The third-order valence-corrected chi connectivity index (χ3v) is 5.66. The van der Waals surface area contributed by atoms with Gasteiger partial charge in [0.25, 0.3) is 5.91 Å². The summed E-state index contributed by atoms with van der Waals surface area (Å²) in [6.45, 7) is 1.73. The van der Waals surface area contributed by atoms with Crippen molar-refractivity contribution in [2.45, 2.75) is 13.0 Å². The second-order valence-corrected chi connectivity index (χ2v) is 9.09. The molecule has 1 aromatic heterocycles. The minimum absolute atomic E-state index is 0.0771. The van der Waals surface area contributed by atoms with Gasteiger partial charge in [-0.3, -0.25) is 4.79 Å². The number of nitrogens with zero attached hydrogens (tertiary/aromatic N) is 3. The first-order valence-corrected chi connectivity index (χ1v) is 11.0. The lowest BCUT2D eigenvalue weighted by Gasteiger charge is -2.24. The van der Waals surface area contributed by atoms with Crippen molar-refractivity contribution in [3.05, 3.63) is 72.4 Å². The second kappa shape index (κ2) is 7.98. The molecule has 28 heavy (non-hydrogen) atoms. The molecule has 3 rings (SSSR count). The summed E-state index contributed by atoms with van der Waals surface area (Å²) >= 11 is 0. The van der Waals surface area contributed by atoms with Gasteiger partial charge < -0.3 is 4.90 Å². The molecule has 0 saturated carbocycles. The van der Waals surface area contributed by atoms with Crippen LogP contribution in [0.15, 0.2) is 66.9 Å². The number of benzene rings is 2. The van der Waals surface area contributed by atoms with E-state index in [9.17, 15) is 13.2 Å². The third kappa shape index (κ3) is 4.48. The van der Waals surface area contributed by atoms with Gasteiger partial charge in [-0.25, -0.2) is 13.1 Å². The Labute approximate surface area is 165 Å². The lowest BCUT2D eigenvalue weighted by atomic mass is 10.1. The van der Waals surface area contributed by atoms with Gasteiger partial charge in [0.1, 0.15) is 9.84 Å². The molecule has 0 fully saturated rings. The molecule has 1 heterocycles. The van der Waals surface area contributed by atoms with E-state index in [0.717, 1.165) is 16.9 Å². The van der Waals surface area contributed by atoms with Crippen LogP contribution in [0.4, 0.5) is 0 Å². The molecule has 3 aromatic rings. The Balaban J connectivity index is 1.90. The molecule has 1 unspecified atom stereocenters. The number of amides is 1. The van der Waals surface area contributed by atoms with Crippen LogP contribution in [0.25, 0.3) is 16.9 Å². The van der Waals surface area contributed by atoms with Crippen molar-refractivity contribution in [3.8, 4) is 16.9 Å². The van der Waals surface area contributed by atoms with Gasteiger partial charge in [0.2, 0.25) is 0 Å². The summed E-state index contributed by atoms with van der Waals surface area (Å²) in [6.07, 6.45) is 2.89. The molecule has 0 aliphatic rings. The molecular formula is C21H23N3O3S. The van der Waals surface area contributed by atoms with Crippen molar-refractivity contribution >= 4 is 15.7 Å². The van der Waals surface area contributed by atoms with Gasteiger partial charge in [-0.15, -0.1) is 0 Å². The molecule has 146 valence electrons. The molecular weight excluding hydrogens is 374 g/mol. The third-order valence-electron chi connectivity index (χ3n) is 4.58. The summed E-state index contributed by atoms with van der Waals surface area (Å²) in [6, 6.07) is 18.6. The fourth-order valence-electron chi connectivity index (χ4n) is 3.06. The number of carbonyl (C=O) groups excluding carboxylic acids is 1. The van der Waals surface area contributed by atoms with E-state index >= 15 is 0 Å². The number of aromatic nitrogens is 2. The monoisotopic (exact) mass is 397 g/mol. The Morgan fingerprint density at radius 2 is 1.82 bits per heavy atom. The van der Waals surface area contributed by atoms with E-state index in [1.165, 1.54) is 11.2 Å². The minimum atomic E-state index is -3.17. The van der Waals surface area contributed by atoms with Crippen LogP contribution in [0.1, 0.15) is 17.3 Å². The molecule has 0 aliphatic carbocycles. The minimum Gasteiger partial charge on any atom is -0.338 e. The molecule has 0 saturated heterocycles. The Hall–Kier alpha value is -2.93. The van der Waals surface area contributed by atoms with E-state index in [1.807, 2.05) is 42.5 Å². The molecule has 6 nitrogen and oxygen atoms in total. The highest BCUT2D eigenvalue weighted by molar-refractivity contribution is 7.90. The quantitative estimate of drug-likeness (QED) is 0.641. The summed E-state index contributed by atoms with van der Waals surface area (Å²) in [4.78, 5) is 14.3. The molecule has 7 heteroatoms. The average molecular weight is 398 g/mol. The average Bonchev–Trinajstić information content (AvgIpc) is 3.16. The van der Waals surface area contributed by atoms with Gasteiger partial charge >= 0.3 is 0 Å². The first-order valence-electron chi connectivity index (χ1n) is 8.91. The van der Waals surface area contributed by atoms with Crippen molar-refractivity contribution in [1.29, 1.82) is 0 Å². The molecule has 0 aliphatic heterocycles. The van der Waals surface area contributed by atoms with Gasteiger partial charge in [-0.2, -0.15) is 5.10 Å². The Bertz CT molecular complexity index is 1080. The second-order valence-electron chi connectivity index (χ2n) is 6.90. The highest BCUT2D eigenvalue weighted by Gasteiger charge is 2.21. The summed E-state index contributed by atoms with van der Waals surface area (Å²) < 4.78 is 24.9. The van der Waals surface area contributed by atoms with Gasteiger partial charge in [0.15, 0.2) is 0 Å². The molecule has 0 N–H and O–H groups in total. The molecule has 0 radical (unpaired) electrons. The van der Waals surface area contributed by atoms with E-state index < -0.39 is 15.9 Å². The Morgan fingerprint density at radius 1 is 1.11 bits per heavy atom. The highest BCUT2D eigenvalue weighted by atomic mass is 32.2. The number of hydrogen-bond acceptors (Lipinski definition) is 4. The van der Waals surface area contributed by atoms with Gasteiger partial charge in [-0.1, -0.05) is 36.4 Å². The molecule has 2 aromatic carbocycles. The Morgan fingerprint density at radius 3 is 2.50 bits per heavy atom. The van der Waals surface area contributed by atoms with Crippen LogP contribution >= 0.6 is 0 Å². The lowest BCUT2D eigenvalue weighted by Crippen LogP contribution is -2.39. The summed E-state index contributed by atoms with van der Waals surface area (Å²) in [5.41, 5.74) is 3.19. The van der Waals surface area contributed by atoms with E-state index in [1.54, 1.807) is 43.0 Å². The van der Waals surface area contributed by atoms with E-state index in [-0.39, 0.29) is 11.7 Å². The standard InChI is InChI=1S/C21H23N3O3S/c1-16(15-28(3,26)27)23(2)21(25)18-10-7-11-19(14-18)24-20(12-13-22-24)17-8-5-4-6-9-17/h4-14,16H,15H2,1-3H3. The smallest absolute Gasteiger partial charge is 0.253 e. The predicted octanol–water partition coefficient (Wildman–Crippen LogP) is 3.04. The van der Waals surface area contributed by atoms with E-state index in [2.05, 4.69) is 5.10 Å². The first-order chi connectivity index (χ1) is 13.3. The zero-order valence-corrected chi connectivity index (χ0v) is 16.9. The zero-order valence-electron chi connectivity index (χ0n) is 16.1. The molecule has 0 bridgehead atoms. The largest absolute Gasteiger partial charge is 0.338 e. The van der Waals surface area contributed by atoms with Crippen LogP contribution in [0.5, 0.6) is 0 Å². The van der Waals surface area contributed by atoms with Gasteiger partial charge in [0, 0.05) is 30.5 Å². The van der Waals surface area contributed by atoms with E-state index in [0.29, 0.717) is 5.56 Å². The zero-order chi connectivity index (χ0) is 20.3. The van der Waals surface area contributed by atoms with Gasteiger partial charge in [0.05, 0.1) is 23.3 Å². The molecule has 1 amide bonds. The maximum absolute atomic E-state index is 12.9. The topological polar surface area (TPSA) is 72.3 Å². The van der Waals surface area contributed by atoms with Crippen molar-refractivity contribution in [3.63, 3.8) is 0 Å². The predicted molar refractivity (Wildman–Crippen MR) is 110 cm³/mol. The summed E-state index contributed by atoms with van der Waals surface area (Å²) in [7, 11) is -1.55. The SMILES string of the molecule is CC(CS(C)(=O)=O)N(C)C(=O)c1cccc(-n2nccc2-c2ccccc2)c1. The maximum Gasteiger partial charge on any atom is 0.253 e. The highest BCUT2D eigenvalue weighted by Crippen LogP contribution is 2.23. The Kier molecular flexibility index (Phi) is 5.65. The normalized spacial score (nSPS) is 12.5. The van der Waals surface area contributed by atoms with Crippen molar-refractivity contribution < 1.29 is 13.2 Å². The van der Waals surface area contributed by atoms with E-state index in [4.69, 9.17) is 0 Å². The van der Waals surface area contributed by atoms with Crippen molar-refractivity contribution in [1.82, 2.24) is 14.7 Å². The number of rotatable bonds is 6. The number of hydrogen-bond donors (Lipinski definition) is 0. The van der Waals surface area contributed by atoms with Crippen LogP contribution in [-0.2, 0) is 9.84 Å². The van der Waals surface area contributed by atoms with Crippen LogP contribution in [0.3, 0.4) is 0 Å². The summed E-state index contributed by atoms with van der Waals surface area (Å²) in [5, 5.41) is 4.40. The fourth-order valence-corrected chi connectivity index (χ4v) is 4.16. The van der Waals surface area contributed by atoms with Crippen LogP contribution in [-0.4, -0.2) is 54.1 Å². The maximum atomic E-state index is 12.9. The summed E-state index contributed by atoms with van der Waals surface area (Å²) in [5.74, 6) is -0.307. The van der Waals surface area contributed by atoms with Crippen molar-refractivity contribution in [2.24, 2.45) is 0 Å². The number of carbonyl (C=O) groups is 1. The lowest BCUT2D eigenvalue weighted by molar-refractivity contribution is 0.0757. The fraction of sp³-hybridized carbons (Fsp3) is 0.238. The van der Waals surface area contributed by atoms with Crippen LogP contribution in [0, 0.1) is 0 Å².